The first-order valence-electron chi connectivity index (χ1n) is 8.71. The van der Waals surface area contributed by atoms with Gasteiger partial charge in [0.05, 0.1) is 27.2 Å². The van der Waals surface area contributed by atoms with Crippen LogP contribution in [0.3, 0.4) is 0 Å². The molecular formula is C18H38O4Si2. The molecule has 142 valence electrons. The van der Waals surface area contributed by atoms with Crippen molar-refractivity contribution in [2.24, 2.45) is 0 Å². The minimum atomic E-state index is -2.00. The molecule has 0 spiro atoms. The van der Waals surface area contributed by atoms with Crippen molar-refractivity contribution in [2.75, 3.05) is 0 Å². The van der Waals surface area contributed by atoms with Gasteiger partial charge in [0.1, 0.15) is 11.2 Å². The monoisotopic (exact) mass is 374 g/mol. The summed E-state index contributed by atoms with van der Waals surface area (Å²) in [6, 6.07) is 0. The van der Waals surface area contributed by atoms with Gasteiger partial charge in [-0.25, -0.2) is 0 Å². The zero-order valence-corrected chi connectivity index (χ0v) is 19.8. The summed E-state index contributed by atoms with van der Waals surface area (Å²) in [5.41, 5.74) is -1.91. The Morgan fingerprint density at radius 2 is 0.833 bits per heavy atom. The minimum absolute atomic E-state index is 0.250. The van der Waals surface area contributed by atoms with Crippen LogP contribution in [-0.2, 0) is 19.1 Å². The summed E-state index contributed by atoms with van der Waals surface area (Å²) < 4.78 is 11.4. The van der Waals surface area contributed by atoms with Crippen molar-refractivity contribution in [3.05, 3.63) is 0 Å². The third-order valence-corrected chi connectivity index (χ3v) is 8.72. The molecule has 0 aliphatic heterocycles. The van der Waals surface area contributed by atoms with Crippen LogP contribution >= 0.6 is 0 Å². The van der Waals surface area contributed by atoms with Crippen LogP contribution in [-0.4, -0.2) is 39.3 Å². The Morgan fingerprint density at radius 3 is 0.958 bits per heavy atom. The minimum Gasteiger partial charge on any atom is -0.460 e. The normalized spacial score (nSPS) is 16.3. The zero-order chi connectivity index (χ0) is 19.7. The predicted molar refractivity (Wildman–Crippen MR) is 106 cm³/mol. The van der Waals surface area contributed by atoms with Crippen LogP contribution in [0.25, 0.3) is 0 Å². The standard InChI is InChI=1S/C18H38O4Si2/c1-17(2,3)21-15(19)13(23(7,8)9)14(24(10,11)12)16(20)22-18(4,5)6/h13-14H,1-12H3. The van der Waals surface area contributed by atoms with Crippen molar-refractivity contribution in [3.63, 3.8) is 0 Å². The van der Waals surface area contributed by atoms with Gasteiger partial charge in [0, 0.05) is 0 Å². The predicted octanol–water partition coefficient (Wildman–Crippen LogP) is 5.09. The highest BCUT2D eigenvalue weighted by atomic mass is 28.3. The van der Waals surface area contributed by atoms with Crippen LogP contribution in [0.4, 0.5) is 0 Å². The number of carbonyl (C=O) groups excluding carboxylic acids is 2. The van der Waals surface area contributed by atoms with Crippen LogP contribution in [0.15, 0.2) is 0 Å². The van der Waals surface area contributed by atoms with E-state index in [2.05, 4.69) is 39.3 Å². The molecule has 0 rings (SSSR count). The maximum atomic E-state index is 13.0. The number of carbonyl (C=O) groups is 2. The third-order valence-electron chi connectivity index (χ3n) is 3.52. The zero-order valence-electron chi connectivity index (χ0n) is 17.8. The van der Waals surface area contributed by atoms with Crippen LogP contribution in [0.1, 0.15) is 41.5 Å². The van der Waals surface area contributed by atoms with Crippen molar-refractivity contribution in [1.82, 2.24) is 0 Å². The molecule has 0 N–H and O–H groups in total. The molecule has 24 heavy (non-hydrogen) atoms. The highest BCUT2D eigenvalue weighted by molar-refractivity contribution is 6.87. The van der Waals surface area contributed by atoms with Crippen molar-refractivity contribution in [1.29, 1.82) is 0 Å². The average molecular weight is 375 g/mol. The molecule has 0 bridgehead atoms. The SMILES string of the molecule is CC(C)(C)OC(=O)C(C(C(=O)OC(C)(C)C)[Si](C)(C)C)[Si](C)(C)C. The van der Waals surface area contributed by atoms with Crippen molar-refractivity contribution < 1.29 is 19.1 Å². The molecule has 0 saturated heterocycles. The maximum absolute atomic E-state index is 13.0. The largest absolute Gasteiger partial charge is 0.460 e. The Bertz CT molecular complexity index is 415. The lowest BCUT2D eigenvalue weighted by atomic mass is 10.1. The molecule has 6 heteroatoms. The van der Waals surface area contributed by atoms with Crippen LogP contribution in [0.2, 0.25) is 50.4 Å². The van der Waals surface area contributed by atoms with E-state index in [-0.39, 0.29) is 11.9 Å². The second-order valence-electron chi connectivity index (χ2n) is 10.8. The summed E-state index contributed by atoms with van der Waals surface area (Å²) >= 11 is 0. The summed E-state index contributed by atoms with van der Waals surface area (Å²) in [4.78, 5) is 26.0. The molecule has 0 aromatic carbocycles. The van der Waals surface area contributed by atoms with Crippen molar-refractivity contribution in [2.45, 2.75) is 103 Å². The molecule has 4 nitrogen and oxygen atoms in total. The number of hydrogen-bond donors (Lipinski definition) is 0. The number of esters is 2. The van der Waals surface area contributed by atoms with E-state index < -0.39 is 38.4 Å². The molecule has 0 amide bonds. The van der Waals surface area contributed by atoms with Gasteiger partial charge >= 0.3 is 11.9 Å². The van der Waals surface area contributed by atoms with Crippen LogP contribution < -0.4 is 0 Å². The lowest BCUT2D eigenvalue weighted by Crippen LogP contribution is -2.50. The van der Waals surface area contributed by atoms with E-state index in [0.29, 0.717) is 0 Å². The Kier molecular flexibility index (Phi) is 7.13. The molecule has 0 aromatic rings. The van der Waals surface area contributed by atoms with Crippen LogP contribution in [0.5, 0.6) is 0 Å². The van der Waals surface area contributed by atoms with Gasteiger partial charge in [-0.15, -0.1) is 0 Å². The summed E-state index contributed by atoms with van der Waals surface area (Å²) in [5.74, 6) is -0.500. The van der Waals surface area contributed by atoms with Crippen LogP contribution in [0, 0.1) is 0 Å². The average Bonchev–Trinajstić information content (AvgIpc) is 2.15. The quantitative estimate of drug-likeness (QED) is 0.497. The summed E-state index contributed by atoms with van der Waals surface area (Å²) in [5, 5.41) is 0. The number of hydrogen-bond acceptors (Lipinski definition) is 4. The highest BCUT2D eigenvalue weighted by Crippen LogP contribution is 2.44. The van der Waals surface area contributed by atoms with Crippen molar-refractivity contribution >= 4 is 28.1 Å². The van der Waals surface area contributed by atoms with E-state index in [1.54, 1.807) is 0 Å². The lowest BCUT2D eigenvalue weighted by molar-refractivity contribution is -0.162. The van der Waals surface area contributed by atoms with Gasteiger partial charge in [-0.3, -0.25) is 9.59 Å². The van der Waals surface area contributed by atoms with Gasteiger partial charge in [-0.1, -0.05) is 39.3 Å². The third kappa shape index (κ3) is 7.97. The first kappa shape index (κ1) is 23.4. The van der Waals surface area contributed by atoms with Gasteiger partial charge in [-0.05, 0) is 41.5 Å². The van der Waals surface area contributed by atoms with Gasteiger partial charge < -0.3 is 9.47 Å². The van der Waals surface area contributed by atoms with Gasteiger partial charge in [0.25, 0.3) is 0 Å². The second kappa shape index (κ2) is 7.32. The maximum Gasteiger partial charge on any atom is 0.307 e. The first-order chi connectivity index (χ1) is 10.3. The number of ether oxygens (including phenoxy) is 2. The summed E-state index contributed by atoms with van der Waals surface area (Å²) in [6.07, 6.45) is 0. The highest BCUT2D eigenvalue weighted by Gasteiger charge is 2.51. The molecule has 2 unspecified atom stereocenters. The second-order valence-corrected chi connectivity index (χ2v) is 21.5. The molecule has 2 atom stereocenters. The van der Waals surface area contributed by atoms with Gasteiger partial charge in [0.15, 0.2) is 0 Å². The summed E-state index contributed by atoms with van der Waals surface area (Å²) in [7, 11) is -4.00. The Hall–Kier alpha value is -0.626. The van der Waals surface area contributed by atoms with E-state index in [1.165, 1.54) is 0 Å². The molecule has 0 aromatic heterocycles. The van der Waals surface area contributed by atoms with Gasteiger partial charge in [-0.2, -0.15) is 0 Å². The molecule has 0 aliphatic carbocycles. The smallest absolute Gasteiger partial charge is 0.307 e. The Labute approximate surface area is 150 Å². The first-order valence-corrected chi connectivity index (χ1v) is 15.9. The molecule has 0 aliphatic rings. The molecular weight excluding hydrogens is 336 g/mol. The summed E-state index contributed by atoms with van der Waals surface area (Å²) in [6.45, 7) is 23.9. The fourth-order valence-corrected chi connectivity index (χ4v) is 9.51. The van der Waals surface area contributed by atoms with Crippen molar-refractivity contribution in [3.8, 4) is 0 Å². The van der Waals surface area contributed by atoms with E-state index in [4.69, 9.17) is 9.47 Å². The lowest BCUT2D eigenvalue weighted by Gasteiger charge is -2.40. The fraction of sp³-hybridized carbons (Fsp3) is 0.889. The molecule has 0 saturated carbocycles. The van der Waals surface area contributed by atoms with E-state index in [9.17, 15) is 9.59 Å². The van der Waals surface area contributed by atoms with Gasteiger partial charge in [0.2, 0.25) is 0 Å². The molecule has 0 fully saturated rings. The van der Waals surface area contributed by atoms with E-state index in [0.717, 1.165) is 0 Å². The van der Waals surface area contributed by atoms with E-state index in [1.807, 2.05) is 41.5 Å². The Morgan fingerprint density at radius 1 is 0.625 bits per heavy atom. The Balaban J connectivity index is 5.96. The molecule has 0 radical (unpaired) electrons. The topological polar surface area (TPSA) is 52.6 Å². The fourth-order valence-electron chi connectivity index (χ4n) is 2.71. The van der Waals surface area contributed by atoms with E-state index >= 15 is 0 Å². The number of rotatable bonds is 5. The molecule has 0 heterocycles.